The summed E-state index contributed by atoms with van der Waals surface area (Å²) in [6.45, 7) is 4.14. The van der Waals surface area contributed by atoms with Crippen LogP contribution in [0.25, 0.3) is 10.9 Å². The van der Waals surface area contributed by atoms with Gasteiger partial charge < -0.3 is 5.73 Å². The number of halogens is 1. The summed E-state index contributed by atoms with van der Waals surface area (Å²) in [6, 6.07) is 8.64. The fourth-order valence-electron chi connectivity index (χ4n) is 1.87. The molecule has 1 atom stereocenters. The van der Waals surface area contributed by atoms with Crippen molar-refractivity contribution < 1.29 is 0 Å². The molecule has 2 nitrogen and oxygen atoms in total. The molecule has 84 valence electrons. The van der Waals surface area contributed by atoms with Crippen molar-refractivity contribution >= 4 is 33.5 Å². The highest BCUT2D eigenvalue weighted by atomic mass is 127. The molecule has 1 unspecified atom stereocenters. The normalized spacial score (nSPS) is 13.0. The Labute approximate surface area is 109 Å². The maximum Gasteiger partial charge on any atom is 0.0708 e. The van der Waals surface area contributed by atoms with Gasteiger partial charge in [-0.05, 0) is 66.3 Å². The molecule has 0 bridgehead atoms. The SMILES string of the molecule is Cc1cc(CC(C)N)nc2ccc(I)cc12. The van der Waals surface area contributed by atoms with Crippen LogP contribution in [-0.2, 0) is 6.42 Å². The maximum absolute atomic E-state index is 5.80. The van der Waals surface area contributed by atoms with Crippen LogP contribution in [0.15, 0.2) is 24.3 Å². The van der Waals surface area contributed by atoms with Gasteiger partial charge in [0.25, 0.3) is 0 Å². The first-order valence-electron chi connectivity index (χ1n) is 5.37. The summed E-state index contributed by atoms with van der Waals surface area (Å²) in [5, 5.41) is 1.24. The van der Waals surface area contributed by atoms with E-state index in [1.165, 1.54) is 14.5 Å². The summed E-state index contributed by atoms with van der Waals surface area (Å²) in [5.74, 6) is 0. The van der Waals surface area contributed by atoms with E-state index >= 15 is 0 Å². The molecule has 1 aromatic heterocycles. The molecule has 0 aliphatic carbocycles. The molecule has 1 aromatic carbocycles. The zero-order valence-electron chi connectivity index (χ0n) is 9.50. The van der Waals surface area contributed by atoms with Gasteiger partial charge in [-0.25, -0.2) is 0 Å². The van der Waals surface area contributed by atoms with Crippen molar-refractivity contribution in [2.45, 2.75) is 26.3 Å². The Morgan fingerprint density at radius 1 is 1.38 bits per heavy atom. The zero-order valence-corrected chi connectivity index (χ0v) is 11.7. The first-order valence-corrected chi connectivity index (χ1v) is 6.45. The lowest BCUT2D eigenvalue weighted by Gasteiger charge is -2.08. The minimum Gasteiger partial charge on any atom is -0.328 e. The first kappa shape index (κ1) is 11.8. The van der Waals surface area contributed by atoms with Crippen molar-refractivity contribution in [1.29, 1.82) is 0 Å². The second-order valence-corrected chi connectivity index (χ2v) is 5.52. The number of pyridine rings is 1. The Morgan fingerprint density at radius 3 is 2.81 bits per heavy atom. The van der Waals surface area contributed by atoms with E-state index in [1.807, 2.05) is 6.92 Å². The van der Waals surface area contributed by atoms with Gasteiger partial charge in [0.1, 0.15) is 0 Å². The Kier molecular flexibility index (Phi) is 3.44. The third-order valence-electron chi connectivity index (χ3n) is 2.56. The van der Waals surface area contributed by atoms with Gasteiger partial charge in [-0.2, -0.15) is 0 Å². The molecule has 0 fully saturated rings. The van der Waals surface area contributed by atoms with Crippen LogP contribution in [0, 0.1) is 10.5 Å². The maximum atomic E-state index is 5.80. The second-order valence-electron chi connectivity index (χ2n) is 4.27. The molecule has 0 amide bonds. The van der Waals surface area contributed by atoms with Crippen molar-refractivity contribution in [3.63, 3.8) is 0 Å². The summed E-state index contributed by atoms with van der Waals surface area (Å²) in [4.78, 5) is 4.63. The number of rotatable bonds is 2. The van der Waals surface area contributed by atoms with Gasteiger partial charge in [-0.1, -0.05) is 0 Å². The Balaban J connectivity index is 2.55. The molecule has 1 heterocycles. The summed E-state index contributed by atoms with van der Waals surface area (Å²) in [6.07, 6.45) is 0.836. The van der Waals surface area contributed by atoms with Gasteiger partial charge >= 0.3 is 0 Å². The van der Waals surface area contributed by atoms with Crippen LogP contribution < -0.4 is 5.73 Å². The number of fused-ring (bicyclic) bond motifs is 1. The lowest BCUT2D eigenvalue weighted by molar-refractivity contribution is 0.724. The van der Waals surface area contributed by atoms with E-state index in [0.717, 1.165) is 17.6 Å². The van der Waals surface area contributed by atoms with Crippen LogP contribution in [0.4, 0.5) is 0 Å². The van der Waals surface area contributed by atoms with Crippen molar-refractivity contribution in [3.05, 3.63) is 39.1 Å². The minimum absolute atomic E-state index is 0.160. The van der Waals surface area contributed by atoms with E-state index in [9.17, 15) is 0 Å². The smallest absolute Gasteiger partial charge is 0.0708 e. The van der Waals surface area contributed by atoms with Crippen LogP contribution in [0.5, 0.6) is 0 Å². The van der Waals surface area contributed by atoms with E-state index in [4.69, 9.17) is 5.73 Å². The van der Waals surface area contributed by atoms with Gasteiger partial charge in [0.15, 0.2) is 0 Å². The molecule has 0 aliphatic heterocycles. The molecule has 2 rings (SSSR count). The molecule has 2 N–H and O–H groups in total. The number of aromatic nitrogens is 1. The van der Waals surface area contributed by atoms with Crippen LogP contribution in [-0.4, -0.2) is 11.0 Å². The number of nitrogens with zero attached hydrogens (tertiary/aromatic N) is 1. The van der Waals surface area contributed by atoms with Crippen molar-refractivity contribution in [2.24, 2.45) is 5.73 Å². The lowest BCUT2D eigenvalue weighted by Crippen LogP contribution is -2.18. The second kappa shape index (κ2) is 4.67. The van der Waals surface area contributed by atoms with Gasteiger partial charge in [-0.15, -0.1) is 0 Å². The predicted octanol–water partition coefficient (Wildman–Crippen LogP) is 3.04. The first-order chi connectivity index (χ1) is 7.56. The fourth-order valence-corrected chi connectivity index (χ4v) is 2.36. The highest BCUT2D eigenvalue weighted by Crippen LogP contribution is 2.20. The van der Waals surface area contributed by atoms with E-state index in [0.29, 0.717) is 0 Å². The average Bonchev–Trinajstić information content (AvgIpc) is 2.18. The molecule has 0 saturated heterocycles. The minimum atomic E-state index is 0.160. The molecular weight excluding hydrogens is 311 g/mol. The van der Waals surface area contributed by atoms with Crippen molar-refractivity contribution in [2.75, 3.05) is 0 Å². The summed E-state index contributed by atoms with van der Waals surface area (Å²) in [5.41, 5.74) is 9.23. The quantitative estimate of drug-likeness (QED) is 0.862. The van der Waals surface area contributed by atoms with Gasteiger partial charge in [-0.3, -0.25) is 4.98 Å². The van der Waals surface area contributed by atoms with Gasteiger partial charge in [0.2, 0.25) is 0 Å². The van der Waals surface area contributed by atoms with Gasteiger partial charge in [0, 0.05) is 27.1 Å². The van der Waals surface area contributed by atoms with Gasteiger partial charge in [0.05, 0.1) is 5.52 Å². The Morgan fingerprint density at radius 2 is 2.12 bits per heavy atom. The molecule has 3 heteroatoms. The highest BCUT2D eigenvalue weighted by molar-refractivity contribution is 14.1. The number of hydrogen-bond acceptors (Lipinski definition) is 2. The molecule has 16 heavy (non-hydrogen) atoms. The monoisotopic (exact) mass is 326 g/mol. The summed E-state index contributed by atoms with van der Waals surface area (Å²) < 4.78 is 1.25. The fraction of sp³-hybridized carbons (Fsp3) is 0.308. The van der Waals surface area contributed by atoms with Crippen LogP contribution in [0.2, 0.25) is 0 Å². The average molecular weight is 326 g/mol. The topological polar surface area (TPSA) is 38.9 Å². The standard InChI is InChI=1S/C13H15IN2/c1-8-5-11(6-9(2)15)16-13-4-3-10(14)7-12(8)13/h3-5,7,9H,6,15H2,1-2H3. The van der Waals surface area contributed by atoms with E-state index in [1.54, 1.807) is 0 Å². The molecular formula is C13H15IN2. The zero-order chi connectivity index (χ0) is 11.7. The molecule has 0 saturated carbocycles. The number of benzene rings is 1. The molecule has 0 spiro atoms. The Hall–Kier alpha value is -0.680. The third kappa shape index (κ3) is 2.52. The molecule has 0 aliphatic rings. The van der Waals surface area contributed by atoms with Crippen LogP contribution >= 0.6 is 22.6 Å². The number of aryl methyl sites for hydroxylation is 1. The summed E-state index contributed by atoms with van der Waals surface area (Å²) >= 11 is 2.33. The van der Waals surface area contributed by atoms with Crippen LogP contribution in [0.1, 0.15) is 18.2 Å². The van der Waals surface area contributed by atoms with Crippen LogP contribution in [0.3, 0.4) is 0 Å². The molecule has 2 aromatic rings. The van der Waals surface area contributed by atoms with E-state index in [-0.39, 0.29) is 6.04 Å². The summed E-state index contributed by atoms with van der Waals surface area (Å²) in [7, 11) is 0. The largest absolute Gasteiger partial charge is 0.328 e. The van der Waals surface area contributed by atoms with E-state index < -0.39 is 0 Å². The third-order valence-corrected chi connectivity index (χ3v) is 3.23. The lowest BCUT2D eigenvalue weighted by atomic mass is 10.1. The number of hydrogen-bond donors (Lipinski definition) is 1. The van der Waals surface area contributed by atoms with Crippen molar-refractivity contribution in [3.8, 4) is 0 Å². The Bertz CT molecular complexity index is 521. The van der Waals surface area contributed by atoms with E-state index in [2.05, 4.69) is 58.8 Å². The molecule has 0 radical (unpaired) electrons. The highest BCUT2D eigenvalue weighted by Gasteiger charge is 2.05. The predicted molar refractivity (Wildman–Crippen MR) is 76.6 cm³/mol. The number of nitrogens with two attached hydrogens (primary N) is 1. The van der Waals surface area contributed by atoms with Crippen molar-refractivity contribution in [1.82, 2.24) is 4.98 Å².